The first-order chi connectivity index (χ1) is 12.1. The minimum absolute atomic E-state index is 0.154. The summed E-state index contributed by atoms with van der Waals surface area (Å²) in [5.74, 6) is -0.844. The van der Waals surface area contributed by atoms with Crippen molar-refractivity contribution in [2.75, 3.05) is 17.2 Å². The Morgan fingerprint density at radius 2 is 1.85 bits per heavy atom. The van der Waals surface area contributed by atoms with Gasteiger partial charge in [-0.05, 0) is 36.8 Å². The van der Waals surface area contributed by atoms with Crippen molar-refractivity contribution in [3.63, 3.8) is 0 Å². The number of amides is 1. The fourth-order valence-corrected chi connectivity index (χ4v) is 2.01. The molecule has 0 saturated carbocycles. The highest BCUT2D eigenvalue weighted by Crippen LogP contribution is 2.24. The number of aryl methyl sites for hydroxylation is 1. The smallest absolute Gasteiger partial charge is 0.406 e. The van der Waals surface area contributed by atoms with Crippen LogP contribution in [0.5, 0.6) is 5.75 Å². The molecule has 26 heavy (non-hydrogen) atoms. The van der Waals surface area contributed by atoms with E-state index >= 15 is 0 Å². The zero-order chi connectivity index (χ0) is 19.3. The lowest BCUT2D eigenvalue weighted by Crippen LogP contribution is -2.22. The van der Waals surface area contributed by atoms with E-state index in [2.05, 4.69) is 15.4 Å². The van der Waals surface area contributed by atoms with Gasteiger partial charge in [-0.25, -0.2) is 0 Å². The Kier molecular flexibility index (Phi) is 5.65. The summed E-state index contributed by atoms with van der Waals surface area (Å²) in [5, 5.41) is 16.0. The average Bonchev–Trinajstić information content (AvgIpc) is 2.54. The van der Waals surface area contributed by atoms with Gasteiger partial charge in [0.25, 0.3) is 5.69 Å². The molecule has 2 aromatic rings. The van der Waals surface area contributed by atoms with Crippen LogP contribution >= 0.6 is 0 Å². The second-order valence-corrected chi connectivity index (χ2v) is 5.23. The van der Waals surface area contributed by atoms with Gasteiger partial charge in [0.2, 0.25) is 5.91 Å². The van der Waals surface area contributed by atoms with E-state index in [9.17, 15) is 28.1 Å². The molecule has 7 nitrogen and oxygen atoms in total. The second kappa shape index (κ2) is 7.72. The summed E-state index contributed by atoms with van der Waals surface area (Å²) < 4.78 is 40.0. The van der Waals surface area contributed by atoms with E-state index in [1.807, 2.05) is 0 Å². The monoisotopic (exact) mass is 369 g/mol. The molecule has 0 bridgehead atoms. The van der Waals surface area contributed by atoms with Crippen LogP contribution in [-0.2, 0) is 4.79 Å². The van der Waals surface area contributed by atoms with E-state index in [0.29, 0.717) is 16.9 Å². The van der Waals surface area contributed by atoms with Crippen molar-refractivity contribution in [1.29, 1.82) is 0 Å². The standard InChI is InChI=1S/C16H14F3N3O4/c1-10-2-5-12(22(24)25)8-14(10)21-15(23)9-20-11-3-6-13(7-4-11)26-16(17,18)19/h2-8,20H,9H2,1H3,(H,21,23). The highest BCUT2D eigenvalue weighted by molar-refractivity contribution is 5.94. The average molecular weight is 369 g/mol. The van der Waals surface area contributed by atoms with E-state index in [0.717, 1.165) is 12.1 Å². The highest BCUT2D eigenvalue weighted by atomic mass is 19.4. The Morgan fingerprint density at radius 3 is 2.42 bits per heavy atom. The molecule has 138 valence electrons. The molecule has 0 spiro atoms. The lowest BCUT2D eigenvalue weighted by molar-refractivity contribution is -0.384. The second-order valence-electron chi connectivity index (χ2n) is 5.23. The number of non-ortho nitro benzene ring substituents is 1. The Bertz CT molecular complexity index is 807. The first-order valence-electron chi connectivity index (χ1n) is 7.28. The highest BCUT2D eigenvalue weighted by Gasteiger charge is 2.30. The van der Waals surface area contributed by atoms with Gasteiger partial charge in [0.1, 0.15) is 5.75 Å². The fraction of sp³-hybridized carbons (Fsp3) is 0.188. The van der Waals surface area contributed by atoms with Gasteiger partial charge >= 0.3 is 6.36 Å². The van der Waals surface area contributed by atoms with Gasteiger partial charge in [-0.15, -0.1) is 13.2 Å². The van der Waals surface area contributed by atoms with Gasteiger partial charge in [-0.2, -0.15) is 0 Å². The Balaban J connectivity index is 1.93. The van der Waals surface area contributed by atoms with Crippen molar-refractivity contribution in [2.45, 2.75) is 13.3 Å². The first-order valence-corrected chi connectivity index (χ1v) is 7.28. The molecular weight excluding hydrogens is 355 g/mol. The van der Waals surface area contributed by atoms with Crippen LogP contribution in [0.2, 0.25) is 0 Å². The number of ether oxygens (including phenoxy) is 1. The van der Waals surface area contributed by atoms with Crippen LogP contribution in [0.15, 0.2) is 42.5 Å². The van der Waals surface area contributed by atoms with Gasteiger partial charge in [-0.3, -0.25) is 14.9 Å². The molecule has 0 aliphatic rings. The van der Waals surface area contributed by atoms with Crippen LogP contribution in [0.1, 0.15) is 5.56 Å². The van der Waals surface area contributed by atoms with Crippen LogP contribution in [0, 0.1) is 17.0 Å². The maximum absolute atomic E-state index is 12.1. The Labute approximate surface area is 145 Å². The van der Waals surface area contributed by atoms with Crippen molar-refractivity contribution in [3.05, 3.63) is 58.1 Å². The van der Waals surface area contributed by atoms with Crippen molar-refractivity contribution >= 4 is 23.0 Å². The molecule has 0 aliphatic heterocycles. The number of hydrogen-bond donors (Lipinski definition) is 2. The summed E-state index contributed by atoms with van der Waals surface area (Å²) in [7, 11) is 0. The Morgan fingerprint density at radius 1 is 1.19 bits per heavy atom. The first kappa shape index (κ1) is 19.0. The number of rotatable bonds is 6. The third-order valence-corrected chi connectivity index (χ3v) is 3.25. The zero-order valence-corrected chi connectivity index (χ0v) is 13.5. The molecule has 2 rings (SSSR count). The molecule has 0 aromatic heterocycles. The minimum atomic E-state index is -4.77. The summed E-state index contributed by atoms with van der Waals surface area (Å²) in [5.41, 5.74) is 1.21. The predicted octanol–water partition coefficient (Wildman–Crippen LogP) is 3.85. The quantitative estimate of drug-likeness (QED) is 0.596. The number of carbonyl (C=O) groups is 1. The van der Waals surface area contributed by atoms with E-state index in [-0.39, 0.29) is 18.0 Å². The van der Waals surface area contributed by atoms with E-state index in [1.54, 1.807) is 6.92 Å². The number of nitrogens with zero attached hydrogens (tertiary/aromatic N) is 1. The molecule has 2 aromatic carbocycles. The predicted molar refractivity (Wildman–Crippen MR) is 88.1 cm³/mol. The number of nitrogens with one attached hydrogen (secondary N) is 2. The molecule has 10 heteroatoms. The topological polar surface area (TPSA) is 93.5 Å². The summed E-state index contributed by atoms with van der Waals surface area (Å²) >= 11 is 0. The van der Waals surface area contributed by atoms with Crippen molar-refractivity contribution in [2.24, 2.45) is 0 Å². The van der Waals surface area contributed by atoms with E-state index in [4.69, 9.17) is 0 Å². The lowest BCUT2D eigenvalue weighted by Gasteiger charge is -2.11. The number of carbonyl (C=O) groups excluding carboxylic acids is 1. The largest absolute Gasteiger partial charge is 0.573 e. The summed E-state index contributed by atoms with van der Waals surface area (Å²) in [6, 6.07) is 8.96. The molecule has 0 aliphatic carbocycles. The van der Waals surface area contributed by atoms with Crippen LogP contribution in [-0.4, -0.2) is 23.7 Å². The molecule has 0 saturated heterocycles. The third-order valence-electron chi connectivity index (χ3n) is 3.25. The molecule has 0 unspecified atom stereocenters. The van der Waals surface area contributed by atoms with Crippen molar-refractivity contribution in [1.82, 2.24) is 0 Å². The number of nitro benzene ring substituents is 1. The van der Waals surface area contributed by atoms with Crippen LogP contribution < -0.4 is 15.4 Å². The fourth-order valence-electron chi connectivity index (χ4n) is 2.01. The van der Waals surface area contributed by atoms with Crippen LogP contribution in [0.25, 0.3) is 0 Å². The molecule has 0 fully saturated rings. The van der Waals surface area contributed by atoms with Gasteiger partial charge in [-0.1, -0.05) is 6.07 Å². The maximum atomic E-state index is 12.1. The zero-order valence-electron chi connectivity index (χ0n) is 13.5. The maximum Gasteiger partial charge on any atom is 0.573 e. The summed E-state index contributed by atoms with van der Waals surface area (Å²) in [4.78, 5) is 22.2. The number of alkyl halides is 3. The van der Waals surface area contributed by atoms with Crippen molar-refractivity contribution in [3.8, 4) is 5.75 Å². The van der Waals surface area contributed by atoms with Crippen LogP contribution in [0.4, 0.5) is 30.2 Å². The number of hydrogen-bond acceptors (Lipinski definition) is 5. The third kappa shape index (κ3) is 5.65. The number of nitro groups is 1. The number of benzene rings is 2. The number of halogens is 3. The molecule has 0 radical (unpaired) electrons. The van der Waals surface area contributed by atoms with Crippen molar-refractivity contribution < 1.29 is 27.6 Å². The van der Waals surface area contributed by atoms with Gasteiger partial charge in [0.15, 0.2) is 0 Å². The molecule has 0 heterocycles. The minimum Gasteiger partial charge on any atom is -0.406 e. The SMILES string of the molecule is Cc1ccc([N+](=O)[O-])cc1NC(=O)CNc1ccc(OC(F)(F)F)cc1. The van der Waals surface area contributed by atoms with Gasteiger partial charge in [0.05, 0.1) is 17.2 Å². The molecule has 0 atom stereocenters. The lowest BCUT2D eigenvalue weighted by atomic mass is 10.2. The normalized spacial score (nSPS) is 10.9. The number of anilines is 2. The van der Waals surface area contributed by atoms with E-state index in [1.165, 1.54) is 30.3 Å². The summed E-state index contributed by atoms with van der Waals surface area (Å²) in [6.07, 6.45) is -4.77. The summed E-state index contributed by atoms with van der Waals surface area (Å²) in [6.45, 7) is 1.51. The molecule has 1 amide bonds. The molecular formula is C16H14F3N3O4. The molecule has 2 N–H and O–H groups in total. The Hall–Kier alpha value is -3.30. The van der Waals surface area contributed by atoms with Crippen LogP contribution in [0.3, 0.4) is 0 Å². The van der Waals surface area contributed by atoms with Gasteiger partial charge in [0, 0.05) is 17.8 Å². The van der Waals surface area contributed by atoms with E-state index < -0.39 is 17.2 Å². The van der Waals surface area contributed by atoms with Gasteiger partial charge < -0.3 is 15.4 Å².